The summed E-state index contributed by atoms with van der Waals surface area (Å²) in [6.45, 7) is 0. The molecule has 2 heterocycles. The molecule has 1 aliphatic rings. The van der Waals surface area contributed by atoms with Crippen molar-refractivity contribution in [2.45, 2.75) is 18.9 Å². The van der Waals surface area contributed by atoms with Gasteiger partial charge >= 0.3 is 0 Å². The van der Waals surface area contributed by atoms with Gasteiger partial charge in [-0.1, -0.05) is 5.16 Å². The normalized spacial score (nSPS) is 23.8. The zero-order valence-corrected chi connectivity index (χ0v) is 7.55. The highest BCUT2D eigenvalue weighted by atomic mass is 32.2. The lowest BCUT2D eigenvalue weighted by molar-refractivity contribution is 0.209. The molecule has 0 N–H and O–H groups in total. The van der Waals surface area contributed by atoms with Crippen LogP contribution in [-0.2, 0) is 0 Å². The molecule has 1 aromatic heterocycles. The van der Waals surface area contributed by atoms with Gasteiger partial charge < -0.3 is 9.26 Å². The molecule has 0 aromatic carbocycles. The Kier molecular flexibility index (Phi) is 2.56. The second kappa shape index (κ2) is 3.85. The minimum atomic E-state index is 0.350. The highest BCUT2D eigenvalue weighted by Gasteiger charge is 2.15. The van der Waals surface area contributed by atoms with E-state index in [1.807, 2.05) is 11.8 Å². The van der Waals surface area contributed by atoms with E-state index in [1.54, 1.807) is 12.5 Å². The SMILES string of the molecule is c1nocc1OC1CCCSC1. The topological polar surface area (TPSA) is 35.3 Å². The van der Waals surface area contributed by atoms with Gasteiger partial charge in [-0.25, -0.2) is 0 Å². The smallest absolute Gasteiger partial charge is 0.179 e. The largest absolute Gasteiger partial charge is 0.484 e. The summed E-state index contributed by atoms with van der Waals surface area (Å²) in [6.07, 6.45) is 5.90. The standard InChI is InChI=1S/C8H11NO2S/c1-2-7(6-12-3-1)11-8-4-9-10-5-8/h4-5,7H,1-3,6H2. The van der Waals surface area contributed by atoms with Gasteiger partial charge in [-0.2, -0.15) is 11.8 Å². The van der Waals surface area contributed by atoms with E-state index in [2.05, 4.69) is 9.68 Å². The molecule has 0 amide bonds. The number of hydrogen-bond acceptors (Lipinski definition) is 4. The van der Waals surface area contributed by atoms with E-state index in [9.17, 15) is 0 Å². The van der Waals surface area contributed by atoms with Gasteiger partial charge in [-0.15, -0.1) is 0 Å². The fourth-order valence-electron chi connectivity index (χ4n) is 1.25. The third-order valence-electron chi connectivity index (χ3n) is 1.83. The van der Waals surface area contributed by atoms with Crippen LogP contribution in [0, 0.1) is 0 Å². The van der Waals surface area contributed by atoms with Crippen molar-refractivity contribution in [1.82, 2.24) is 5.16 Å². The lowest BCUT2D eigenvalue weighted by Gasteiger charge is -2.21. The van der Waals surface area contributed by atoms with Crippen molar-refractivity contribution < 1.29 is 9.26 Å². The van der Waals surface area contributed by atoms with Gasteiger partial charge in [0.1, 0.15) is 12.3 Å². The first-order valence-corrected chi connectivity index (χ1v) is 5.24. The van der Waals surface area contributed by atoms with Gasteiger partial charge in [0.2, 0.25) is 0 Å². The first-order valence-electron chi connectivity index (χ1n) is 4.09. The first-order chi connectivity index (χ1) is 5.95. The van der Waals surface area contributed by atoms with Gasteiger partial charge in [0.25, 0.3) is 0 Å². The number of nitrogens with zero attached hydrogens (tertiary/aromatic N) is 1. The highest BCUT2D eigenvalue weighted by molar-refractivity contribution is 7.99. The molecule has 1 saturated heterocycles. The molecule has 1 aromatic rings. The van der Waals surface area contributed by atoms with Gasteiger partial charge in [0, 0.05) is 5.75 Å². The van der Waals surface area contributed by atoms with Gasteiger partial charge in [0.05, 0.1) is 0 Å². The number of ether oxygens (including phenoxy) is 1. The highest BCUT2D eigenvalue weighted by Crippen LogP contribution is 2.21. The van der Waals surface area contributed by atoms with Crippen molar-refractivity contribution in [3.63, 3.8) is 0 Å². The average molecular weight is 185 g/mol. The Hall–Kier alpha value is -0.640. The Morgan fingerprint density at radius 2 is 2.67 bits per heavy atom. The second-order valence-corrected chi connectivity index (χ2v) is 3.97. The molecule has 0 radical (unpaired) electrons. The molecule has 1 fully saturated rings. The molecule has 0 aliphatic carbocycles. The predicted octanol–water partition coefficient (Wildman–Crippen LogP) is 1.95. The van der Waals surface area contributed by atoms with E-state index in [4.69, 9.17) is 4.74 Å². The number of rotatable bonds is 2. The molecule has 2 rings (SSSR count). The van der Waals surface area contributed by atoms with Crippen LogP contribution in [0.25, 0.3) is 0 Å². The van der Waals surface area contributed by atoms with Crippen LogP contribution in [0.2, 0.25) is 0 Å². The fraction of sp³-hybridized carbons (Fsp3) is 0.625. The molecule has 1 aliphatic heterocycles. The number of thioether (sulfide) groups is 1. The van der Waals surface area contributed by atoms with Crippen molar-refractivity contribution in [3.05, 3.63) is 12.5 Å². The van der Waals surface area contributed by atoms with E-state index < -0.39 is 0 Å². The van der Waals surface area contributed by atoms with Crippen molar-refractivity contribution in [2.24, 2.45) is 0 Å². The summed E-state index contributed by atoms with van der Waals surface area (Å²) in [5, 5.41) is 3.58. The first kappa shape index (κ1) is 7.98. The average Bonchev–Trinajstić information content (AvgIpc) is 2.59. The number of hydrogen-bond donors (Lipinski definition) is 0. The van der Waals surface area contributed by atoms with E-state index >= 15 is 0 Å². The minimum Gasteiger partial charge on any atom is -0.484 e. The summed E-state index contributed by atoms with van der Waals surface area (Å²) in [7, 11) is 0. The van der Waals surface area contributed by atoms with Crippen molar-refractivity contribution in [1.29, 1.82) is 0 Å². The van der Waals surface area contributed by atoms with Crippen LogP contribution in [0.1, 0.15) is 12.8 Å². The van der Waals surface area contributed by atoms with Crippen LogP contribution in [0.5, 0.6) is 5.75 Å². The molecular weight excluding hydrogens is 174 g/mol. The van der Waals surface area contributed by atoms with E-state index in [0.29, 0.717) is 6.10 Å². The van der Waals surface area contributed by atoms with Gasteiger partial charge in [-0.3, -0.25) is 0 Å². The molecule has 1 atom stereocenters. The van der Waals surface area contributed by atoms with E-state index in [0.717, 1.165) is 17.9 Å². The molecule has 0 saturated carbocycles. The monoisotopic (exact) mass is 185 g/mol. The molecule has 1 unspecified atom stereocenters. The molecule has 4 heteroatoms. The van der Waals surface area contributed by atoms with Crippen molar-refractivity contribution in [2.75, 3.05) is 11.5 Å². The molecule has 66 valence electrons. The maximum absolute atomic E-state index is 5.62. The summed E-state index contributed by atoms with van der Waals surface area (Å²) in [5.74, 6) is 3.11. The van der Waals surface area contributed by atoms with Crippen molar-refractivity contribution >= 4 is 11.8 Å². The van der Waals surface area contributed by atoms with Crippen LogP contribution >= 0.6 is 11.8 Å². The predicted molar refractivity (Wildman–Crippen MR) is 47.5 cm³/mol. The Morgan fingerprint density at radius 1 is 1.67 bits per heavy atom. The van der Waals surface area contributed by atoms with Gasteiger partial charge in [0.15, 0.2) is 12.0 Å². The van der Waals surface area contributed by atoms with Crippen LogP contribution < -0.4 is 4.74 Å². The van der Waals surface area contributed by atoms with E-state index in [-0.39, 0.29) is 0 Å². The van der Waals surface area contributed by atoms with E-state index in [1.165, 1.54) is 12.2 Å². The summed E-state index contributed by atoms with van der Waals surface area (Å²) in [4.78, 5) is 0. The molecule has 3 nitrogen and oxygen atoms in total. The zero-order chi connectivity index (χ0) is 8.23. The lowest BCUT2D eigenvalue weighted by Crippen LogP contribution is -2.22. The summed E-state index contributed by atoms with van der Waals surface area (Å²) in [5.41, 5.74) is 0. The Morgan fingerprint density at radius 3 is 3.33 bits per heavy atom. The number of aromatic nitrogens is 1. The van der Waals surface area contributed by atoms with Crippen LogP contribution in [0.4, 0.5) is 0 Å². The van der Waals surface area contributed by atoms with Crippen LogP contribution in [-0.4, -0.2) is 22.8 Å². The quantitative estimate of drug-likeness (QED) is 0.705. The fourth-order valence-corrected chi connectivity index (χ4v) is 2.29. The molecule has 12 heavy (non-hydrogen) atoms. The summed E-state index contributed by atoms with van der Waals surface area (Å²) >= 11 is 1.95. The third-order valence-corrected chi connectivity index (χ3v) is 3.02. The Bertz CT molecular complexity index is 219. The molecule has 0 bridgehead atoms. The lowest BCUT2D eigenvalue weighted by atomic mass is 10.2. The molecule has 0 spiro atoms. The van der Waals surface area contributed by atoms with Gasteiger partial charge in [-0.05, 0) is 18.6 Å². The third kappa shape index (κ3) is 1.94. The second-order valence-electron chi connectivity index (χ2n) is 2.82. The van der Waals surface area contributed by atoms with Crippen LogP contribution in [0.3, 0.4) is 0 Å². The Labute approximate surface area is 75.5 Å². The summed E-state index contributed by atoms with van der Waals surface area (Å²) in [6, 6.07) is 0. The maximum Gasteiger partial charge on any atom is 0.179 e. The summed E-state index contributed by atoms with van der Waals surface area (Å²) < 4.78 is 10.3. The zero-order valence-electron chi connectivity index (χ0n) is 6.73. The van der Waals surface area contributed by atoms with Crippen molar-refractivity contribution in [3.8, 4) is 5.75 Å². The molecular formula is C8H11NO2S. The maximum atomic E-state index is 5.62. The minimum absolute atomic E-state index is 0.350. The Balaban J connectivity index is 1.86. The van der Waals surface area contributed by atoms with Crippen LogP contribution in [0.15, 0.2) is 17.0 Å².